The molecule has 2 aromatic carbocycles. The summed E-state index contributed by atoms with van der Waals surface area (Å²) >= 11 is 1.22. The van der Waals surface area contributed by atoms with E-state index in [1.165, 1.54) is 34.4 Å². The Kier molecular flexibility index (Phi) is 11.3. The molecule has 0 atom stereocenters. The molecular formula is C34H34FN5O6S. The third kappa shape index (κ3) is 8.90. The van der Waals surface area contributed by atoms with E-state index in [-0.39, 0.29) is 42.6 Å². The molecule has 0 unspecified atom stereocenters. The van der Waals surface area contributed by atoms with Gasteiger partial charge in [0.25, 0.3) is 5.91 Å². The lowest BCUT2D eigenvalue weighted by atomic mass is 9.97. The van der Waals surface area contributed by atoms with Crippen molar-refractivity contribution in [3.05, 3.63) is 82.3 Å². The van der Waals surface area contributed by atoms with Gasteiger partial charge < -0.3 is 30.1 Å². The summed E-state index contributed by atoms with van der Waals surface area (Å²) in [5.41, 5.74) is 1.32. The number of benzene rings is 2. The summed E-state index contributed by atoms with van der Waals surface area (Å²) < 4.78 is 25.3. The quantitative estimate of drug-likeness (QED) is 0.106. The predicted molar refractivity (Wildman–Crippen MR) is 177 cm³/mol. The average Bonchev–Trinajstić information content (AvgIpc) is 3.56. The summed E-state index contributed by atoms with van der Waals surface area (Å²) in [6.45, 7) is 7.26. The van der Waals surface area contributed by atoms with Gasteiger partial charge >= 0.3 is 6.09 Å². The minimum atomic E-state index is -1.13. The van der Waals surface area contributed by atoms with Gasteiger partial charge in [0.05, 0.1) is 10.6 Å². The number of carbonyl (C=O) groups is 3. The SMILES string of the molecule is CCOCOc1cc(F)ccc1-c1cc(-c2cccc(NC(=O)CCN(C(=O)O)C(C)(C)C)c2)c(C#N)c(NC(=O)c2cccs2)n1. The van der Waals surface area contributed by atoms with Crippen LogP contribution in [0.15, 0.2) is 66.0 Å². The molecule has 4 aromatic rings. The van der Waals surface area contributed by atoms with Crippen LogP contribution in [0, 0.1) is 17.1 Å². The minimum Gasteiger partial charge on any atom is -0.467 e. The highest BCUT2D eigenvalue weighted by Gasteiger charge is 2.26. The molecule has 244 valence electrons. The normalized spacial score (nSPS) is 11.0. The van der Waals surface area contributed by atoms with Gasteiger partial charge in [-0.15, -0.1) is 11.3 Å². The zero-order valence-corrected chi connectivity index (χ0v) is 27.1. The number of hydrogen-bond donors (Lipinski definition) is 3. The number of amides is 3. The van der Waals surface area contributed by atoms with E-state index in [9.17, 15) is 29.1 Å². The Hall–Kier alpha value is -5.32. The molecule has 2 heterocycles. The Bertz CT molecular complexity index is 1800. The molecule has 0 fully saturated rings. The standard InChI is InChI=1S/C34H34FN5O6S/c1-5-45-20-46-28-17-22(35)11-12-24(28)27-18-25(26(19-36)31(38-27)39-32(42)29-10-7-15-47-29)21-8-6-9-23(16-21)37-30(41)13-14-40(33(43)44)34(2,3)4/h6-12,15-18H,5,13-14,20H2,1-4H3,(H,37,41)(H,43,44)(H,38,39,42). The molecule has 0 radical (unpaired) electrons. The summed E-state index contributed by atoms with van der Waals surface area (Å²) in [6.07, 6.45) is -1.20. The predicted octanol–water partition coefficient (Wildman–Crippen LogP) is 7.22. The van der Waals surface area contributed by atoms with E-state index in [2.05, 4.69) is 21.7 Å². The van der Waals surface area contributed by atoms with Crippen molar-refractivity contribution < 1.29 is 33.4 Å². The van der Waals surface area contributed by atoms with Crippen molar-refractivity contribution in [3.63, 3.8) is 0 Å². The van der Waals surface area contributed by atoms with Gasteiger partial charge in [0.15, 0.2) is 12.6 Å². The first kappa shape index (κ1) is 34.6. The number of pyridine rings is 1. The first-order chi connectivity index (χ1) is 22.4. The summed E-state index contributed by atoms with van der Waals surface area (Å²) in [5, 5.41) is 27.1. The van der Waals surface area contributed by atoms with Crippen LogP contribution in [0.4, 0.5) is 20.7 Å². The molecule has 0 aliphatic heterocycles. The summed E-state index contributed by atoms with van der Waals surface area (Å²) in [5.74, 6) is -1.30. The molecule has 0 aliphatic rings. The average molecular weight is 660 g/mol. The Morgan fingerprint density at radius 2 is 1.85 bits per heavy atom. The Morgan fingerprint density at radius 3 is 2.51 bits per heavy atom. The van der Waals surface area contributed by atoms with Crippen LogP contribution in [0.25, 0.3) is 22.4 Å². The second-order valence-electron chi connectivity index (χ2n) is 11.2. The lowest BCUT2D eigenvalue weighted by Gasteiger charge is -2.32. The molecule has 3 amide bonds. The van der Waals surface area contributed by atoms with E-state index in [0.717, 1.165) is 0 Å². The summed E-state index contributed by atoms with van der Waals surface area (Å²) in [6, 6.07) is 17.8. The molecule has 11 nitrogen and oxygen atoms in total. The molecule has 47 heavy (non-hydrogen) atoms. The third-order valence-corrected chi connectivity index (χ3v) is 7.76. The molecule has 0 saturated heterocycles. The number of nitriles is 1. The van der Waals surface area contributed by atoms with E-state index < -0.39 is 29.3 Å². The Morgan fingerprint density at radius 1 is 1.06 bits per heavy atom. The lowest BCUT2D eigenvalue weighted by Crippen LogP contribution is -2.46. The van der Waals surface area contributed by atoms with Crippen molar-refractivity contribution in [2.24, 2.45) is 0 Å². The van der Waals surface area contributed by atoms with Crippen LogP contribution in [0.3, 0.4) is 0 Å². The maximum atomic E-state index is 14.3. The topological polar surface area (TPSA) is 154 Å². The van der Waals surface area contributed by atoms with Crippen molar-refractivity contribution in [1.82, 2.24) is 9.88 Å². The largest absolute Gasteiger partial charge is 0.467 e. The van der Waals surface area contributed by atoms with Gasteiger partial charge in [-0.25, -0.2) is 14.2 Å². The smallest absolute Gasteiger partial charge is 0.407 e. The number of nitrogens with one attached hydrogen (secondary N) is 2. The first-order valence-electron chi connectivity index (χ1n) is 14.6. The number of aromatic nitrogens is 1. The van der Waals surface area contributed by atoms with Gasteiger partial charge in [-0.1, -0.05) is 18.2 Å². The molecule has 3 N–H and O–H groups in total. The number of rotatable bonds is 12. The van der Waals surface area contributed by atoms with Gasteiger partial charge in [0, 0.05) is 48.0 Å². The van der Waals surface area contributed by atoms with Crippen LogP contribution in [0.5, 0.6) is 5.75 Å². The third-order valence-electron chi connectivity index (χ3n) is 6.89. The van der Waals surface area contributed by atoms with Crippen LogP contribution < -0.4 is 15.4 Å². The fraction of sp³-hybridized carbons (Fsp3) is 0.265. The zero-order valence-electron chi connectivity index (χ0n) is 26.3. The Labute approximate surface area is 275 Å². The van der Waals surface area contributed by atoms with E-state index in [4.69, 9.17) is 9.47 Å². The van der Waals surface area contributed by atoms with Crippen molar-refractivity contribution in [1.29, 1.82) is 5.26 Å². The van der Waals surface area contributed by atoms with Crippen LogP contribution in [0.2, 0.25) is 0 Å². The lowest BCUT2D eigenvalue weighted by molar-refractivity contribution is -0.116. The molecule has 4 rings (SSSR count). The molecule has 0 saturated carbocycles. The van der Waals surface area contributed by atoms with E-state index >= 15 is 0 Å². The highest BCUT2D eigenvalue weighted by molar-refractivity contribution is 7.12. The van der Waals surface area contributed by atoms with Gasteiger partial charge in [0.1, 0.15) is 23.2 Å². The second-order valence-corrected chi connectivity index (χ2v) is 12.1. The zero-order chi connectivity index (χ0) is 34.1. The van der Waals surface area contributed by atoms with Crippen LogP contribution in [-0.2, 0) is 9.53 Å². The van der Waals surface area contributed by atoms with Gasteiger partial charge in [0.2, 0.25) is 5.91 Å². The fourth-order valence-electron chi connectivity index (χ4n) is 4.63. The Balaban J connectivity index is 1.75. The number of hydrogen-bond acceptors (Lipinski definition) is 8. The van der Waals surface area contributed by atoms with E-state index in [0.29, 0.717) is 33.9 Å². The number of carboxylic acid groups (broad SMARTS) is 1. The number of thiophene rings is 1. The van der Waals surface area contributed by atoms with Gasteiger partial charge in [-0.3, -0.25) is 9.59 Å². The highest BCUT2D eigenvalue weighted by atomic mass is 32.1. The maximum Gasteiger partial charge on any atom is 0.407 e. The number of halogens is 1. The highest BCUT2D eigenvalue weighted by Crippen LogP contribution is 2.37. The molecule has 0 aliphatic carbocycles. The van der Waals surface area contributed by atoms with Crippen molar-refractivity contribution in [3.8, 4) is 34.2 Å². The summed E-state index contributed by atoms with van der Waals surface area (Å²) in [7, 11) is 0. The molecular weight excluding hydrogens is 625 g/mol. The maximum absolute atomic E-state index is 14.3. The number of carbonyl (C=O) groups excluding carboxylic acids is 2. The van der Waals surface area contributed by atoms with Crippen molar-refractivity contribution in [2.45, 2.75) is 39.7 Å². The molecule has 2 aromatic heterocycles. The van der Waals surface area contributed by atoms with Crippen LogP contribution in [0.1, 0.15) is 49.4 Å². The van der Waals surface area contributed by atoms with Crippen molar-refractivity contribution in [2.75, 3.05) is 30.6 Å². The van der Waals surface area contributed by atoms with Gasteiger partial charge in [-0.2, -0.15) is 5.26 Å². The number of nitrogens with zero attached hydrogens (tertiary/aromatic N) is 3. The minimum absolute atomic E-state index is 0.00464. The van der Waals surface area contributed by atoms with Crippen molar-refractivity contribution >= 4 is 40.7 Å². The van der Waals surface area contributed by atoms with E-state index in [1.807, 2.05) is 0 Å². The number of ether oxygens (including phenoxy) is 2. The molecule has 0 bridgehead atoms. The van der Waals surface area contributed by atoms with Crippen LogP contribution >= 0.6 is 11.3 Å². The van der Waals surface area contributed by atoms with Gasteiger partial charge in [-0.05, 0) is 75.0 Å². The fourth-order valence-corrected chi connectivity index (χ4v) is 5.25. The molecule has 13 heteroatoms. The first-order valence-corrected chi connectivity index (χ1v) is 15.5. The summed E-state index contributed by atoms with van der Waals surface area (Å²) in [4.78, 5) is 43.8. The monoisotopic (exact) mass is 659 g/mol. The van der Waals surface area contributed by atoms with E-state index in [1.54, 1.807) is 75.5 Å². The number of anilines is 2. The molecule has 0 spiro atoms. The second kappa shape index (κ2) is 15.3. The van der Waals surface area contributed by atoms with Crippen LogP contribution in [-0.4, -0.2) is 58.4 Å².